The molecule has 0 saturated carbocycles. The fraction of sp³-hybridized carbons (Fsp3) is 0.263. The molecule has 0 spiro atoms. The number of fused-ring (bicyclic) bond motifs is 1. The second kappa shape index (κ2) is 7.84. The third-order valence-corrected chi connectivity index (χ3v) is 4.53. The number of carbonyl (C=O) groups excluding carboxylic acids is 2. The summed E-state index contributed by atoms with van der Waals surface area (Å²) in [5, 5.41) is 0.107. The van der Waals surface area contributed by atoms with E-state index in [-0.39, 0.29) is 34.6 Å². The van der Waals surface area contributed by atoms with Crippen LogP contribution in [0.3, 0.4) is 0 Å². The number of anilines is 1. The van der Waals surface area contributed by atoms with Crippen molar-refractivity contribution in [2.75, 3.05) is 25.2 Å². The van der Waals surface area contributed by atoms with Crippen molar-refractivity contribution >= 4 is 29.1 Å². The van der Waals surface area contributed by atoms with E-state index in [0.717, 1.165) is 18.4 Å². The first-order valence-electron chi connectivity index (χ1n) is 8.29. The van der Waals surface area contributed by atoms with Gasteiger partial charge in [-0.15, -0.1) is 0 Å². The van der Waals surface area contributed by atoms with E-state index < -0.39 is 11.7 Å². The first-order valence-corrected chi connectivity index (χ1v) is 8.67. The number of primary amides is 1. The average molecular weight is 393 g/mol. The maximum Gasteiger partial charge on any atom is 0.258 e. The zero-order valence-electron chi connectivity index (χ0n) is 14.6. The van der Waals surface area contributed by atoms with Crippen LogP contribution in [0.15, 0.2) is 30.3 Å². The third-order valence-electron chi connectivity index (χ3n) is 4.25. The van der Waals surface area contributed by atoms with Crippen LogP contribution in [0.5, 0.6) is 11.5 Å². The van der Waals surface area contributed by atoms with Gasteiger partial charge in [0.05, 0.1) is 17.8 Å². The van der Waals surface area contributed by atoms with Crippen molar-refractivity contribution in [1.82, 2.24) is 0 Å². The maximum atomic E-state index is 13.7. The quantitative estimate of drug-likeness (QED) is 0.848. The molecule has 2 aromatic carbocycles. The zero-order chi connectivity index (χ0) is 19.6. The number of amides is 2. The fourth-order valence-electron chi connectivity index (χ4n) is 3.04. The van der Waals surface area contributed by atoms with Crippen LogP contribution in [-0.2, 0) is 11.2 Å². The highest BCUT2D eigenvalue weighted by Gasteiger charge is 2.26. The Labute approximate surface area is 160 Å². The maximum absolute atomic E-state index is 13.7. The standard InChI is InChI=1S/C19H18ClFN2O4/c1-26-16-8-12(7-14(20)18(16)27-10-17(22)24)19(25)23-6-2-3-11-4-5-13(21)9-15(11)23/h4-5,7-9H,2-3,6,10H2,1H3,(H2,22,24). The van der Waals surface area contributed by atoms with E-state index in [4.69, 9.17) is 26.8 Å². The van der Waals surface area contributed by atoms with Crippen molar-refractivity contribution in [3.05, 3.63) is 52.3 Å². The summed E-state index contributed by atoms with van der Waals surface area (Å²) < 4.78 is 24.2. The zero-order valence-corrected chi connectivity index (χ0v) is 15.4. The third kappa shape index (κ3) is 3.98. The Bertz CT molecular complexity index is 904. The van der Waals surface area contributed by atoms with Crippen LogP contribution in [0, 0.1) is 5.82 Å². The van der Waals surface area contributed by atoms with Crippen LogP contribution < -0.4 is 20.1 Å². The molecular weight excluding hydrogens is 375 g/mol. The molecule has 3 rings (SSSR count). The molecular formula is C19H18ClFN2O4. The lowest BCUT2D eigenvalue weighted by Gasteiger charge is -2.30. The van der Waals surface area contributed by atoms with Crippen LogP contribution in [0.2, 0.25) is 5.02 Å². The summed E-state index contributed by atoms with van der Waals surface area (Å²) in [5.74, 6) is -1.08. The molecule has 0 bridgehead atoms. The van der Waals surface area contributed by atoms with Crippen LogP contribution in [0.25, 0.3) is 0 Å². The molecule has 6 nitrogen and oxygen atoms in total. The summed E-state index contributed by atoms with van der Waals surface area (Å²) in [5.41, 5.74) is 6.80. The number of methoxy groups -OCH3 is 1. The summed E-state index contributed by atoms with van der Waals surface area (Å²) in [4.78, 5) is 25.5. The van der Waals surface area contributed by atoms with Crippen molar-refractivity contribution < 1.29 is 23.5 Å². The molecule has 142 valence electrons. The molecule has 1 aliphatic heterocycles. The molecule has 1 aliphatic rings. The van der Waals surface area contributed by atoms with Crippen LogP contribution in [0.4, 0.5) is 10.1 Å². The van der Waals surface area contributed by atoms with Gasteiger partial charge in [-0.1, -0.05) is 17.7 Å². The van der Waals surface area contributed by atoms with Gasteiger partial charge in [0.25, 0.3) is 11.8 Å². The number of ether oxygens (including phenoxy) is 2. The SMILES string of the molecule is COc1cc(C(=O)N2CCCc3ccc(F)cc32)cc(Cl)c1OCC(N)=O. The highest BCUT2D eigenvalue weighted by Crippen LogP contribution is 2.37. The first-order chi connectivity index (χ1) is 12.9. The van der Waals surface area contributed by atoms with E-state index in [1.165, 1.54) is 36.3 Å². The van der Waals surface area contributed by atoms with Gasteiger partial charge in [-0.05, 0) is 42.7 Å². The topological polar surface area (TPSA) is 81.9 Å². The number of hydrogen-bond acceptors (Lipinski definition) is 4. The molecule has 2 N–H and O–H groups in total. The smallest absolute Gasteiger partial charge is 0.258 e. The normalized spacial score (nSPS) is 13.1. The number of nitrogens with zero attached hydrogens (tertiary/aromatic N) is 1. The number of hydrogen-bond donors (Lipinski definition) is 1. The molecule has 0 radical (unpaired) electrons. The molecule has 2 aromatic rings. The number of rotatable bonds is 5. The Hall–Kier alpha value is -2.80. The van der Waals surface area contributed by atoms with Gasteiger partial charge in [0, 0.05) is 12.1 Å². The number of aryl methyl sites for hydroxylation is 1. The number of nitrogens with two attached hydrogens (primary N) is 1. The van der Waals surface area contributed by atoms with E-state index >= 15 is 0 Å². The molecule has 0 fully saturated rings. The van der Waals surface area contributed by atoms with Crippen molar-refractivity contribution in [3.63, 3.8) is 0 Å². The minimum absolute atomic E-state index is 0.107. The minimum Gasteiger partial charge on any atom is -0.493 e. The molecule has 0 aromatic heterocycles. The number of benzene rings is 2. The van der Waals surface area contributed by atoms with Crippen molar-refractivity contribution in [2.24, 2.45) is 5.73 Å². The molecule has 0 aliphatic carbocycles. The Kier molecular flexibility index (Phi) is 5.51. The molecule has 27 heavy (non-hydrogen) atoms. The number of halogens is 2. The second-order valence-electron chi connectivity index (χ2n) is 6.08. The monoisotopic (exact) mass is 392 g/mol. The molecule has 0 atom stereocenters. The van der Waals surface area contributed by atoms with Gasteiger partial charge < -0.3 is 20.1 Å². The fourth-order valence-corrected chi connectivity index (χ4v) is 3.31. The Morgan fingerprint density at radius 1 is 1.30 bits per heavy atom. The predicted molar refractivity (Wildman–Crippen MR) is 99.1 cm³/mol. The van der Waals surface area contributed by atoms with Gasteiger partial charge in [0.15, 0.2) is 18.1 Å². The van der Waals surface area contributed by atoms with E-state index in [0.29, 0.717) is 12.2 Å². The van der Waals surface area contributed by atoms with Gasteiger partial charge in [0.2, 0.25) is 0 Å². The molecule has 2 amide bonds. The average Bonchev–Trinajstić information content (AvgIpc) is 2.65. The van der Waals surface area contributed by atoms with Gasteiger partial charge in [-0.25, -0.2) is 4.39 Å². The van der Waals surface area contributed by atoms with Crippen molar-refractivity contribution in [2.45, 2.75) is 12.8 Å². The molecule has 8 heteroatoms. The van der Waals surface area contributed by atoms with E-state index in [9.17, 15) is 14.0 Å². The molecule has 0 unspecified atom stereocenters. The summed E-state index contributed by atoms with van der Waals surface area (Å²) in [7, 11) is 1.39. The summed E-state index contributed by atoms with van der Waals surface area (Å²) >= 11 is 6.22. The Morgan fingerprint density at radius 2 is 2.07 bits per heavy atom. The van der Waals surface area contributed by atoms with E-state index in [2.05, 4.69) is 0 Å². The van der Waals surface area contributed by atoms with Crippen LogP contribution >= 0.6 is 11.6 Å². The molecule has 1 heterocycles. The lowest BCUT2D eigenvalue weighted by atomic mass is 10.0. The van der Waals surface area contributed by atoms with Gasteiger partial charge in [-0.2, -0.15) is 0 Å². The predicted octanol–water partition coefficient (Wildman–Crippen LogP) is 2.94. The van der Waals surface area contributed by atoms with Crippen LogP contribution in [-0.4, -0.2) is 32.1 Å². The van der Waals surface area contributed by atoms with Crippen molar-refractivity contribution in [1.29, 1.82) is 0 Å². The lowest BCUT2D eigenvalue weighted by molar-refractivity contribution is -0.119. The van der Waals surface area contributed by atoms with Gasteiger partial charge in [-0.3, -0.25) is 9.59 Å². The highest BCUT2D eigenvalue weighted by molar-refractivity contribution is 6.33. The van der Waals surface area contributed by atoms with E-state index in [1.807, 2.05) is 0 Å². The summed E-state index contributed by atoms with van der Waals surface area (Å²) in [6, 6.07) is 7.33. The van der Waals surface area contributed by atoms with Crippen molar-refractivity contribution in [3.8, 4) is 11.5 Å². The largest absolute Gasteiger partial charge is 0.493 e. The van der Waals surface area contributed by atoms with Crippen LogP contribution in [0.1, 0.15) is 22.3 Å². The van der Waals surface area contributed by atoms with Gasteiger partial charge in [0.1, 0.15) is 5.82 Å². The second-order valence-corrected chi connectivity index (χ2v) is 6.49. The summed E-state index contributed by atoms with van der Waals surface area (Å²) in [6.07, 6.45) is 1.55. The number of carbonyl (C=O) groups is 2. The van der Waals surface area contributed by atoms with E-state index in [1.54, 1.807) is 6.07 Å². The molecule has 0 saturated heterocycles. The highest BCUT2D eigenvalue weighted by atomic mass is 35.5. The van der Waals surface area contributed by atoms with Gasteiger partial charge >= 0.3 is 0 Å². The first kappa shape index (κ1) is 19.0. The Balaban J connectivity index is 1.95. The Morgan fingerprint density at radius 3 is 2.78 bits per heavy atom. The summed E-state index contributed by atoms with van der Waals surface area (Å²) in [6.45, 7) is 0.0945. The minimum atomic E-state index is -0.666. The lowest BCUT2D eigenvalue weighted by Crippen LogP contribution is -2.35.